The predicted molar refractivity (Wildman–Crippen MR) is 117 cm³/mol. The van der Waals surface area contributed by atoms with E-state index in [4.69, 9.17) is 21.1 Å². The van der Waals surface area contributed by atoms with E-state index in [1.54, 1.807) is 6.07 Å². The van der Waals surface area contributed by atoms with Gasteiger partial charge in [-0.1, -0.05) is 55.8 Å². The summed E-state index contributed by atoms with van der Waals surface area (Å²) in [5, 5.41) is 0.516. The van der Waals surface area contributed by atoms with Gasteiger partial charge in [-0.2, -0.15) is 4.98 Å². The van der Waals surface area contributed by atoms with E-state index in [1.807, 2.05) is 32.1 Å². The topological polar surface area (TPSA) is 80.3 Å². The molecule has 0 amide bonds. The number of nitrogens with one attached hydrogen (secondary N) is 1. The van der Waals surface area contributed by atoms with Crippen LogP contribution in [-0.2, 0) is 9.53 Å². The number of hydrogen-bond acceptors (Lipinski definition) is 6. The lowest BCUT2D eigenvalue weighted by atomic mass is 10.1. The first-order chi connectivity index (χ1) is 14.5. The highest BCUT2D eigenvalue weighted by molar-refractivity contribution is 6.32. The minimum Gasteiger partial charge on any atom is -0.453 e. The Morgan fingerprint density at radius 3 is 2.83 bits per heavy atom. The maximum absolute atomic E-state index is 11.2. The number of morpholine rings is 1. The normalized spacial score (nSPS) is 20.9. The zero-order valence-electron chi connectivity index (χ0n) is 17.0. The molecule has 0 radical (unpaired) electrons. The van der Waals surface area contributed by atoms with Crippen molar-refractivity contribution < 1.29 is 14.3 Å². The first-order valence-corrected chi connectivity index (χ1v) is 10.5. The van der Waals surface area contributed by atoms with Crippen molar-refractivity contribution in [3.8, 4) is 6.01 Å². The van der Waals surface area contributed by atoms with Crippen molar-refractivity contribution in [3.05, 3.63) is 47.2 Å². The number of halogens is 1. The molecular formula is C22H25ClN4O3. The van der Waals surface area contributed by atoms with E-state index in [0.717, 1.165) is 38.2 Å². The van der Waals surface area contributed by atoms with Gasteiger partial charge in [-0.25, -0.2) is 4.98 Å². The second kappa shape index (κ2) is 9.12. The van der Waals surface area contributed by atoms with Crippen molar-refractivity contribution in [3.63, 3.8) is 0 Å². The summed E-state index contributed by atoms with van der Waals surface area (Å²) in [6.45, 7) is 7.17. The molecule has 158 valence electrons. The van der Waals surface area contributed by atoms with E-state index in [0.29, 0.717) is 21.9 Å². The van der Waals surface area contributed by atoms with Gasteiger partial charge in [0.15, 0.2) is 18.0 Å². The Kier molecular flexibility index (Phi) is 6.32. The number of ether oxygens (including phenoxy) is 2. The molecule has 0 saturated carbocycles. The Balaban J connectivity index is 1.58. The molecule has 1 aliphatic heterocycles. The summed E-state index contributed by atoms with van der Waals surface area (Å²) in [5.41, 5.74) is 2.71. The third kappa shape index (κ3) is 4.48. The summed E-state index contributed by atoms with van der Waals surface area (Å²) >= 11 is 6.53. The molecule has 1 saturated heterocycles. The van der Waals surface area contributed by atoms with Gasteiger partial charge in [-0.15, -0.1) is 0 Å². The molecule has 3 heterocycles. The van der Waals surface area contributed by atoms with Crippen LogP contribution in [0.3, 0.4) is 0 Å². The fourth-order valence-corrected chi connectivity index (χ4v) is 3.74. The predicted octanol–water partition coefficient (Wildman–Crippen LogP) is 3.42. The first-order valence-electron chi connectivity index (χ1n) is 10.1. The van der Waals surface area contributed by atoms with E-state index in [2.05, 4.69) is 32.0 Å². The van der Waals surface area contributed by atoms with Crippen molar-refractivity contribution in [2.24, 2.45) is 5.92 Å². The number of fused-ring (bicyclic) bond motifs is 1. The number of hydrogen-bond donors (Lipinski definition) is 1. The number of carbonyl (C=O) groups is 1. The van der Waals surface area contributed by atoms with Gasteiger partial charge >= 0.3 is 0 Å². The van der Waals surface area contributed by atoms with Crippen LogP contribution in [0.5, 0.6) is 6.01 Å². The molecular weight excluding hydrogens is 404 g/mol. The molecule has 2 unspecified atom stereocenters. The average molecular weight is 429 g/mol. The van der Waals surface area contributed by atoms with E-state index < -0.39 is 6.10 Å². The van der Waals surface area contributed by atoms with E-state index in [1.165, 1.54) is 0 Å². The lowest BCUT2D eigenvalue weighted by Crippen LogP contribution is -2.41. The maximum Gasteiger partial charge on any atom is 0.296 e. The average Bonchev–Trinajstić information content (AvgIpc) is 2.97. The van der Waals surface area contributed by atoms with Crippen LogP contribution in [-0.4, -0.2) is 64.6 Å². The molecule has 1 fully saturated rings. The minimum absolute atomic E-state index is 0.0373. The monoisotopic (exact) mass is 428 g/mol. The molecule has 0 aromatic carbocycles. The number of imidazole rings is 1. The number of aromatic nitrogens is 3. The van der Waals surface area contributed by atoms with Crippen LogP contribution in [0.1, 0.15) is 19.5 Å². The molecule has 8 heteroatoms. The van der Waals surface area contributed by atoms with Crippen LogP contribution in [0.2, 0.25) is 5.02 Å². The summed E-state index contributed by atoms with van der Waals surface area (Å²) in [4.78, 5) is 25.7. The Hall–Kier alpha value is -2.48. The smallest absolute Gasteiger partial charge is 0.296 e. The molecule has 4 rings (SSSR count). The van der Waals surface area contributed by atoms with E-state index in [-0.39, 0.29) is 18.0 Å². The van der Waals surface area contributed by atoms with Crippen molar-refractivity contribution in [2.45, 2.75) is 26.0 Å². The highest BCUT2D eigenvalue weighted by Crippen LogP contribution is 2.29. The van der Waals surface area contributed by atoms with Crippen LogP contribution < -0.4 is 4.74 Å². The van der Waals surface area contributed by atoms with Gasteiger partial charge in [0.2, 0.25) is 0 Å². The second-order valence-electron chi connectivity index (χ2n) is 7.70. The number of pyridine rings is 1. The van der Waals surface area contributed by atoms with Crippen LogP contribution >= 0.6 is 11.6 Å². The number of nitrogens with zero attached hydrogens (tertiary/aromatic N) is 3. The quantitative estimate of drug-likeness (QED) is 0.710. The summed E-state index contributed by atoms with van der Waals surface area (Å²) in [6.07, 6.45) is 10.6. The molecule has 2 aromatic heterocycles. The number of allylic oxidation sites excluding steroid dienone is 4. The molecule has 1 N–H and O–H groups in total. The van der Waals surface area contributed by atoms with Gasteiger partial charge < -0.3 is 14.5 Å². The van der Waals surface area contributed by atoms with Crippen molar-refractivity contribution in [1.82, 2.24) is 19.9 Å². The second-order valence-corrected chi connectivity index (χ2v) is 8.11. The largest absolute Gasteiger partial charge is 0.453 e. The number of H-pyrrole nitrogens is 1. The molecule has 7 nitrogen and oxygen atoms in total. The number of carbonyl (C=O) groups excluding carboxylic acids is 1. The molecule has 1 aliphatic carbocycles. The SMILES string of the molecule is CC(C)C(C=O)Oc1nc2nc(C3=CC=CC(N4CCOCC4)C=C3)c(Cl)cc2[nH]1. The highest BCUT2D eigenvalue weighted by atomic mass is 35.5. The molecule has 0 bridgehead atoms. The lowest BCUT2D eigenvalue weighted by Gasteiger charge is -2.30. The number of aromatic amines is 1. The van der Waals surface area contributed by atoms with Crippen LogP contribution in [0.4, 0.5) is 0 Å². The summed E-state index contributed by atoms with van der Waals surface area (Å²) in [5.74, 6) is 0.0373. The molecule has 30 heavy (non-hydrogen) atoms. The van der Waals surface area contributed by atoms with Gasteiger partial charge in [0.1, 0.15) is 0 Å². The lowest BCUT2D eigenvalue weighted by molar-refractivity contribution is -0.115. The Labute approximate surface area is 180 Å². The van der Waals surface area contributed by atoms with E-state index >= 15 is 0 Å². The van der Waals surface area contributed by atoms with Crippen molar-refractivity contribution in [1.29, 1.82) is 0 Å². The van der Waals surface area contributed by atoms with Gasteiger partial charge in [0, 0.05) is 24.7 Å². The van der Waals surface area contributed by atoms with Crippen LogP contribution in [0.15, 0.2) is 36.4 Å². The molecule has 2 aromatic rings. The summed E-state index contributed by atoms with van der Waals surface area (Å²) in [7, 11) is 0. The first kappa shape index (κ1) is 20.8. The fraction of sp³-hybridized carbons (Fsp3) is 0.409. The number of rotatable bonds is 6. The number of aldehydes is 1. The van der Waals surface area contributed by atoms with Gasteiger partial charge in [0.25, 0.3) is 6.01 Å². The Morgan fingerprint density at radius 1 is 1.30 bits per heavy atom. The Bertz CT molecular complexity index is 1010. The standard InChI is InChI=1S/C22H25ClN4O3/c1-14(2)19(13-28)30-22-24-18-12-17(23)20(25-21(18)26-22)15-4-3-5-16(7-6-15)27-8-10-29-11-9-27/h3-7,12-14,16,19H,8-11H2,1-2H3,(H,24,25,26). The van der Waals surface area contributed by atoms with Gasteiger partial charge in [-0.3, -0.25) is 9.69 Å². The fourth-order valence-electron chi connectivity index (χ4n) is 3.48. The zero-order chi connectivity index (χ0) is 21.1. The molecule has 0 spiro atoms. The van der Waals surface area contributed by atoms with E-state index in [9.17, 15) is 4.79 Å². The minimum atomic E-state index is -0.574. The Morgan fingerprint density at radius 2 is 2.10 bits per heavy atom. The third-order valence-electron chi connectivity index (χ3n) is 5.24. The van der Waals surface area contributed by atoms with Gasteiger partial charge in [-0.05, 0) is 12.0 Å². The third-order valence-corrected chi connectivity index (χ3v) is 5.53. The summed E-state index contributed by atoms with van der Waals surface area (Å²) < 4.78 is 11.1. The zero-order valence-corrected chi connectivity index (χ0v) is 17.8. The maximum atomic E-state index is 11.2. The van der Waals surface area contributed by atoms with Crippen molar-refractivity contribution >= 4 is 34.6 Å². The highest BCUT2D eigenvalue weighted by Gasteiger charge is 2.20. The van der Waals surface area contributed by atoms with Crippen LogP contribution in [0, 0.1) is 5.92 Å². The summed E-state index contributed by atoms with van der Waals surface area (Å²) in [6, 6.07) is 2.26. The van der Waals surface area contributed by atoms with Crippen LogP contribution in [0.25, 0.3) is 16.7 Å². The molecule has 2 atom stereocenters. The van der Waals surface area contributed by atoms with Gasteiger partial charge in [0.05, 0.1) is 29.4 Å². The molecule has 2 aliphatic rings. The van der Waals surface area contributed by atoms with Crippen molar-refractivity contribution in [2.75, 3.05) is 26.3 Å².